The maximum absolute atomic E-state index is 10.3. The molecule has 17 heavy (non-hydrogen) atoms. The highest BCUT2D eigenvalue weighted by Gasteiger charge is 1.91. The van der Waals surface area contributed by atoms with E-state index in [1.54, 1.807) is 24.3 Å². The fourth-order valence-corrected chi connectivity index (χ4v) is 1.07. The molecule has 0 unspecified atom stereocenters. The minimum absolute atomic E-state index is 0.194. The van der Waals surface area contributed by atoms with E-state index in [0.29, 0.717) is 5.56 Å². The van der Waals surface area contributed by atoms with Gasteiger partial charge in [-0.3, -0.25) is 4.79 Å². The van der Waals surface area contributed by atoms with Crippen LogP contribution in [-0.2, 0) is 9.59 Å². The molecule has 86 valence electrons. The van der Waals surface area contributed by atoms with Crippen molar-refractivity contribution in [2.75, 3.05) is 0 Å². The van der Waals surface area contributed by atoms with Gasteiger partial charge in [0.25, 0.3) is 0 Å². The van der Waals surface area contributed by atoms with Crippen LogP contribution in [0.5, 0.6) is 0 Å². The van der Waals surface area contributed by atoms with E-state index in [9.17, 15) is 9.59 Å². The first-order valence-corrected chi connectivity index (χ1v) is 4.79. The van der Waals surface area contributed by atoms with Gasteiger partial charge < -0.3 is 10.2 Å². The summed E-state index contributed by atoms with van der Waals surface area (Å²) in [6.07, 6.45) is 2.32. The minimum Gasteiger partial charge on any atom is -0.481 e. The van der Waals surface area contributed by atoms with Crippen LogP contribution in [-0.4, -0.2) is 22.2 Å². The number of benzene rings is 1. The van der Waals surface area contributed by atoms with Crippen molar-refractivity contribution < 1.29 is 19.8 Å². The van der Waals surface area contributed by atoms with E-state index >= 15 is 0 Å². The van der Waals surface area contributed by atoms with Gasteiger partial charge in [0, 0.05) is 11.6 Å². The highest BCUT2D eigenvalue weighted by Crippen LogP contribution is 2.05. The quantitative estimate of drug-likeness (QED) is 0.611. The van der Waals surface area contributed by atoms with Crippen molar-refractivity contribution in [2.24, 2.45) is 0 Å². The first-order chi connectivity index (χ1) is 8.08. The topological polar surface area (TPSA) is 74.6 Å². The zero-order chi connectivity index (χ0) is 12.7. The maximum atomic E-state index is 10.3. The van der Waals surface area contributed by atoms with Crippen LogP contribution in [0.15, 0.2) is 30.3 Å². The monoisotopic (exact) mass is 230 g/mol. The van der Waals surface area contributed by atoms with Crippen LogP contribution in [0.1, 0.15) is 17.5 Å². The van der Waals surface area contributed by atoms with Gasteiger partial charge in [-0.05, 0) is 23.8 Å². The van der Waals surface area contributed by atoms with E-state index in [2.05, 4.69) is 11.8 Å². The maximum Gasteiger partial charge on any atom is 0.328 e. The third-order valence-corrected chi connectivity index (χ3v) is 1.80. The van der Waals surface area contributed by atoms with Crippen molar-refractivity contribution in [3.05, 3.63) is 41.5 Å². The van der Waals surface area contributed by atoms with E-state index in [1.165, 1.54) is 6.08 Å². The van der Waals surface area contributed by atoms with E-state index in [4.69, 9.17) is 10.2 Å². The lowest BCUT2D eigenvalue weighted by Crippen LogP contribution is -1.90. The average molecular weight is 230 g/mol. The van der Waals surface area contributed by atoms with Crippen molar-refractivity contribution in [3.63, 3.8) is 0 Å². The Morgan fingerprint density at radius 3 is 2.35 bits per heavy atom. The molecule has 0 aromatic heterocycles. The van der Waals surface area contributed by atoms with Crippen molar-refractivity contribution in [1.29, 1.82) is 0 Å². The summed E-state index contributed by atoms with van der Waals surface area (Å²) in [5.41, 5.74) is 1.44. The summed E-state index contributed by atoms with van der Waals surface area (Å²) in [5.74, 6) is 3.24. The second-order valence-electron chi connectivity index (χ2n) is 3.17. The summed E-state index contributed by atoms with van der Waals surface area (Å²) in [6, 6.07) is 6.83. The van der Waals surface area contributed by atoms with Gasteiger partial charge in [0.2, 0.25) is 0 Å². The predicted molar refractivity (Wildman–Crippen MR) is 62.2 cm³/mol. The van der Waals surface area contributed by atoms with E-state index in [1.807, 2.05) is 0 Å². The molecule has 0 spiro atoms. The Morgan fingerprint density at radius 2 is 1.82 bits per heavy atom. The fraction of sp³-hybridized carbons (Fsp3) is 0.0769. The standard InChI is InChI=1S/C13H10O4/c14-12(15)3-1-2-10-4-6-11(7-5-10)8-9-13(16)17/h4-9H,3H2,(H,14,15)(H,16,17)/b9-8+. The Morgan fingerprint density at radius 1 is 1.18 bits per heavy atom. The number of carboxylic acids is 2. The number of carbonyl (C=O) groups is 2. The molecule has 0 radical (unpaired) electrons. The van der Waals surface area contributed by atoms with Gasteiger partial charge in [0.15, 0.2) is 0 Å². The SMILES string of the molecule is O=C(O)/C=C/c1ccc(C#CCC(=O)O)cc1. The smallest absolute Gasteiger partial charge is 0.328 e. The summed E-state index contributed by atoms with van der Waals surface area (Å²) in [7, 11) is 0. The van der Waals surface area contributed by atoms with Crippen LogP contribution < -0.4 is 0 Å². The molecule has 1 aromatic carbocycles. The average Bonchev–Trinajstić information content (AvgIpc) is 2.27. The molecule has 1 rings (SSSR count). The zero-order valence-electron chi connectivity index (χ0n) is 8.88. The first-order valence-electron chi connectivity index (χ1n) is 4.79. The number of hydrogen-bond acceptors (Lipinski definition) is 2. The number of hydrogen-bond donors (Lipinski definition) is 2. The van der Waals surface area contributed by atoms with Crippen LogP contribution in [0.2, 0.25) is 0 Å². The molecule has 0 saturated carbocycles. The van der Waals surface area contributed by atoms with Gasteiger partial charge in [-0.1, -0.05) is 24.0 Å². The minimum atomic E-state index is -1.00. The van der Waals surface area contributed by atoms with Gasteiger partial charge in [-0.2, -0.15) is 0 Å². The van der Waals surface area contributed by atoms with Crippen LogP contribution in [0.25, 0.3) is 6.08 Å². The van der Waals surface area contributed by atoms with E-state index < -0.39 is 11.9 Å². The summed E-state index contributed by atoms with van der Waals surface area (Å²) in [5, 5.41) is 16.8. The largest absolute Gasteiger partial charge is 0.481 e. The third-order valence-electron chi connectivity index (χ3n) is 1.80. The lowest BCUT2D eigenvalue weighted by molar-refractivity contribution is -0.136. The molecule has 1 aromatic rings. The molecule has 0 bridgehead atoms. The summed E-state index contributed by atoms with van der Waals surface area (Å²) in [6.45, 7) is 0. The van der Waals surface area contributed by atoms with Crippen molar-refractivity contribution in [1.82, 2.24) is 0 Å². The Hall–Kier alpha value is -2.54. The number of rotatable bonds is 3. The molecule has 0 aliphatic heterocycles. The highest BCUT2D eigenvalue weighted by molar-refractivity contribution is 5.85. The van der Waals surface area contributed by atoms with Crippen molar-refractivity contribution in [3.8, 4) is 11.8 Å². The molecule has 0 aliphatic carbocycles. The molecule has 2 N–H and O–H groups in total. The van der Waals surface area contributed by atoms with Gasteiger partial charge in [-0.15, -0.1) is 0 Å². The molecular formula is C13H10O4. The zero-order valence-corrected chi connectivity index (χ0v) is 8.88. The Bertz CT molecular complexity index is 500. The molecule has 0 amide bonds. The summed E-state index contributed by atoms with van der Waals surface area (Å²) >= 11 is 0. The van der Waals surface area contributed by atoms with Gasteiger partial charge in [-0.25, -0.2) is 4.79 Å². The molecule has 0 heterocycles. The first kappa shape index (κ1) is 12.5. The van der Waals surface area contributed by atoms with Gasteiger partial charge in [0.05, 0.1) is 0 Å². The Balaban J connectivity index is 2.70. The molecule has 0 saturated heterocycles. The lowest BCUT2D eigenvalue weighted by atomic mass is 10.1. The van der Waals surface area contributed by atoms with Crippen molar-refractivity contribution in [2.45, 2.75) is 6.42 Å². The molecule has 0 fully saturated rings. The summed E-state index contributed by atoms with van der Waals surface area (Å²) in [4.78, 5) is 20.5. The lowest BCUT2D eigenvalue weighted by Gasteiger charge is -1.93. The fourth-order valence-electron chi connectivity index (χ4n) is 1.07. The second kappa shape index (κ2) is 6.13. The third kappa shape index (κ3) is 5.19. The van der Waals surface area contributed by atoms with Gasteiger partial charge >= 0.3 is 11.9 Å². The van der Waals surface area contributed by atoms with Gasteiger partial charge in [0.1, 0.15) is 6.42 Å². The molecule has 0 atom stereocenters. The van der Waals surface area contributed by atoms with E-state index in [0.717, 1.165) is 11.6 Å². The van der Waals surface area contributed by atoms with Crippen LogP contribution in [0, 0.1) is 11.8 Å². The number of carboxylic acid groups (broad SMARTS) is 2. The van der Waals surface area contributed by atoms with Crippen molar-refractivity contribution >= 4 is 18.0 Å². The predicted octanol–water partition coefficient (Wildman–Crippen LogP) is 1.61. The molecular weight excluding hydrogens is 220 g/mol. The normalized spacial score (nSPS) is 9.65. The summed E-state index contributed by atoms with van der Waals surface area (Å²) < 4.78 is 0. The molecule has 0 aliphatic rings. The number of aliphatic carboxylic acids is 2. The van der Waals surface area contributed by atoms with Crippen LogP contribution in [0.4, 0.5) is 0 Å². The van der Waals surface area contributed by atoms with Crippen LogP contribution >= 0.6 is 0 Å². The highest BCUT2D eigenvalue weighted by atomic mass is 16.4. The van der Waals surface area contributed by atoms with E-state index in [-0.39, 0.29) is 6.42 Å². The van der Waals surface area contributed by atoms with Crippen LogP contribution in [0.3, 0.4) is 0 Å². The second-order valence-corrected chi connectivity index (χ2v) is 3.17. The Kier molecular flexibility index (Phi) is 4.52. The molecule has 4 heteroatoms. The molecule has 4 nitrogen and oxygen atoms in total. The Labute approximate surface area is 98.2 Å².